The van der Waals surface area contributed by atoms with Gasteiger partial charge in [-0.05, 0) is 38.3 Å². The smallest absolute Gasteiger partial charge is 0.224 e. The number of anilines is 2. The molecule has 2 aromatic carbocycles. The number of Topliss-reactive ketones (excluding diaryl/α,β-unsaturated/α-hetero) is 1. The van der Waals surface area contributed by atoms with Crippen LogP contribution in [0.3, 0.4) is 0 Å². The number of carbonyl (C=O) groups is 2. The summed E-state index contributed by atoms with van der Waals surface area (Å²) in [6, 6.07) is 15.4. The van der Waals surface area contributed by atoms with Gasteiger partial charge in [-0.3, -0.25) is 9.59 Å². The predicted molar refractivity (Wildman–Crippen MR) is 106 cm³/mol. The quantitative estimate of drug-likeness (QED) is 0.775. The Labute approximate surface area is 155 Å². The van der Waals surface area contributed by atoms with Crippen LogP contribution < -0.4 is 10.2 Å². The van der Waals surface area contributed by atoms with Crippen molar-refractivity contribution in [3.8, 4) is 0 Å². The van der Waals surface area contributed by atoms with Gasteiger partial charge in [0.25, 0.3) is 0 Å². The van der Waals surface area contributed by atoms with E-state index in [4.69, 9.17) is 0 Å². The van der Waals surface area contributed by atoms with Crippen molar-refractivity contribution < 1.29 is 9.59 Å². The SMILES string of the molecule is Cc1ccc(C(=O)CCC(=O)Nc2ccccc2N2CCCCC2)cc1. The zero-order valence-electron chi connectivity index (χ0n) is 15.3. The molecule has 0 aromatic heterocycles. The standard InChI is InChI=1S/C22H26N2O2/c1-17-9-11-18(12-10-17)21(25)13-14-22(26)23-19-7-3-4-8-20(19)24-15-5-2-6-16-24/h3-4,7-12H,2,5-6,13-16H2,1H3,(H,23,26). The van der Waals surface area contributed by atoms with E-state index in [9.17, 15) is 9.59 Å². The Morgan fingerprint density at radius 3 is 2.35 bits per heavy atom. The molecule has 0 aliphatic carbocycles. The van der Waals surface area contributed by atoms with Crippen LogP contribution in [0.2, 0.25) is 0 Å². The molecular weight excluding hydrogens is 324 g/mol. The van der Waals surface area contributed by atoms with Gasteiger partial charge < -0.3 is 10.2 Å². The van der Waals surface area contributed by atoms with E-state index >= 15 is 0 Å². The number of nitrogens with one attached hydrogen (secondary N) is 1. The molecule has 4 heteroatoms. The van der Waals surface area contributed by atoms with Crippen LogP contribution in [-0.4, -0.2) is 24.8 Å². The molecule has 0 radical (unpaired) electrons. The minimum absolute atomic E-state index is 0.00413. The highest BCUT2D eigenvalue weighted by Gasteiger charge is 2.16. The molecule has 1 heterocycles. The number of hydrogen-bond donors (Lipinski definition) is 1. The van der Waals surface area contributed by atoms with E-state index in [0.29, 0.717) is 5.56 Å². The summed E-state index contributed by atoms with van der Waals surface area (Å²) < 4.78 is 0. The topological polar surface area (TPSA) is 49.4 Å². The largest absolute Gasteiger partial charge is 0.370 e. The second-order valence-corrected chi connectivity index (χ2v) is 6.90. The molecule has 1 fully saturated rings. The highest BCUT2D eigenvalue weighted by molar-refractivity contribution is 6.00. The van der Waals surface area contributed by atoms with Crippen molar-refractivity contribution in [3.05, 3.63) is 59.7 Å². The third-order valence-corrected chi connectivity index (χ3v) is 4.83. The van der Waals surface area contributed by atoms with E-state index < -0.39 is 0 Å². The molecule has 2 aromatic rings. The van der Waals surface area contributed by atoms with Crippen molar-refractivity contribution in [1.29, 1.82) is 0 Å². The lowest BCUT2D eigenvalue weighted by molar-refractivity contribution is -0.116. The summed E-state index contributed by atoms with van der Waals surface area (Å²) in [6.45, 7) is 4.04. The number of ketones is 1. The van der Waals surface area contributed by atoms with E-state index in [0.717, 1.165) is 30.0 Å². The normalized spacial score (nSPS) is 14.1. The summed E-state index contributed by atoms with van der Waals surface area (Å²) in [5, 5.41) is 2.99. The van der Waals surface area contributed by atoms with Crippen molar-refractivity contribution >= 4 is 23.1 Å². The van der Waals surface area contributed by atoms with Gasteiger partial charge in [-0.1, -0.05) is 42.0 Å². The number of carbonyl (C=O) groups excluding carboxylic acids is 2. The van der Waals surface area contributed by atoms with Gasteiger partial charge in [0, 0.05) is 31.5 Å². The molecule has 4 nitrogen and oxygen atoms in total. The van der Waals surface area contributed by atoms with Crippen molar-refractivity contribution in [2.75, 3.05) is 23.3 Å². The van der Waals surface area contributed by atoms with Gasteiger partial charge in [0.05, 0.1) is 11.4 Å². The van der Waals surface area contributed by atoms with Gasteiger partial charge in [-0.15, -0.1) is 0 Å². The lowest BCUT2D eigenvalue weighted by Crippen LogP contribution is -2.30. The Kier molecular flexibility index (Phi) is 6.05. The maximum Gasteiger partial charge on any atom is 0.224 e. The number of benzene rings is 2. The molecule has 0 spiro atoms. The van der Waals surface area contributed by atoms with Crippen LogP contribution in [0, 0.1) is 6.92 Å². The Morgan fingerprint density at radius 1 is 0.923 bits per heavy atom. The zero-order valence-corrected chi connectivity index (χ0v) is 15.3. The van der Waals surface area contributed by atoms with Gasteiger partial charge >= 0.3 is 0 Å². The summed E-state index contributed by atoms with van der Waals surface area (Å²) in [5.74, 6) is -0.112. The maximum atomic E-state index is 12.4. The number of amides is 1. The second kappa shape index (κ2) is 8.65. The summed E-state index contributed by atoms with van der Waals surface area (Å²) in [5.41, 5.74) is 3.69. The lowest BCUT2D eigenvalue weighted by Gasteiger charge is -2.30. The first-order valence-electron chi connectivity index (χ1n) is 9.37. The Bertz CT molecular complexity index is 762. The molecular formula is C22H26N2O2. The van der Waals surface area contributed by atoms with Crippen LogP contribution in [0.15, 0.2) is 48.5 Å². The number of aryl methyl sites for hydroxylation is 1. The molecule has 0 bridgehead atoms. The number of piperidine rings is 1. The molecule has 3 rings (SSSR count). The molecule has 1 N–H and O–H groups in total. The van der Waals surface area contributed by atoms with Crippen LogP contribution in [-0.2, 0) is 4.79 Å². The highest BCUT2D eigenvalue weighted by Crippen LogP contribution is 2.28. The van der Waals surface area contributed by atoms with Crippen LogP contribution >= 0.6 is 0 Å². The number of hydrogen-bond acceptors (Lipinski definition) is 3. The number of rotatable bonds is 6. The molecule has 0 atom stereocenters. The van der Waals surface area contributed by atoms with Gasteiger partial charge in [-0.2, -0.15) is 0 Å². The minimum atomic E-state index is -0.116. The summed E-state index contributed by atoms with van der Waals surface area (Å²) in [7, 11) is 0. The summed E-state index contributed by atoms with van der Waals surface area (Å²) in [4.78, 5) is 26.9. The zero-order chi connectivity index (χ0) is 18.4. The first-order chi connectivity index (χ1) is 12.6. The van der Waals surface area contributed by atoms with E-state index in [1.807, 2.05) is 49.4 Å². The second-order valence-electron chi connectivity index (χ2n) is 6.90. The number of para-hydroxylation sites is 2. The first-order valence-corrected chi connectivity index (χ1v) is 9.37. The predicted octanol–water partition coefficient (Wildman–Crippen LogP) is 4.59. The molecule has 26 heavy (non-hydrogen) atoms. The van der Waals surface area contributed by atoms with Crippen molar-refractivity contribution in [2.45, 2.75) is 39.0 Å². The van der Waals surface area contributed by atoms with E-state index in [-0.39, 0.29) is 24.5 Å². The Morgan fingerprint density at radius 2 is 1.62 bits per heavy atom. The van der Waals surface area contributed by atoms with Crippen LogP contribution in [0.25, 0.3) is 0 Å². The average Bonchev–Trinajstić information content (AvgIpc) is 2.68. The molecule has 1 saturated heterocycles. The summed E-state index contributed by atoms with van der Waals surface area (Å²) >= 11 is 0. The molecule has 1 aliphatic rings. The monoisotopic (exact) mass is 350 g/mol. The van der Waals surface area contributed by atoms with Crippen LogP contribution in [0.1, 0.15) is 48.0 Å². The first kappa shape index (κ1) is 18.2. The van der Waals surface area contributed by atoms with E-state index in [1.165, 1.54) is 19.3 Å². The maximum absolute atomic E-state index is 12.4. The molecule has 1 amide bonds. The minimum Gasteiger partial charge on any atom is -0.370 e. The Hall–Kier alpha value is -2.62. The molecule has 0 saturated carbocycles. The van der Waals surface area contributed by atoms with E-state index in [1.54, 1.807) is 0 Å². The highest BCUT2D eigenvalue weighted by atomic mass is 16.2. The van der Waals surface area contributed by atoms with Crippen molar-refractivity contribution in [2.24, 2.45) is 0 Å². The van der Waals surface area contributed by atoms with Crippen LogP contribution in [0.5, 0.6) is 0 Å². The molecule has 1 aliphatic heterocycles. The average molecular weight is 350 g/mol. The molecule has 0 unspecified atom stereocenters. The third-order valence-electron chi connectivity index (χ3n) is 4.83. The summed E-state index contributed by atoms with van der Waals surface area (Å²) in [6.07, 6.45) is 4.06. The van der Waals surface area contributed by atoms with E-state index in [2.05, 4.69) is 16.3 Å². The molecule has 136 valence electrons. The van der Waals surface area contributed by atoms with Gasteiger partial charge in [0.15, 0.2) is 5.78 Å². The Balaban J connectivity index is 1.58. The third kappa shape index (κ3) is 4.72. The fraction of sp³-hybridized carbons (Fsp3) is 0.364. The van der Waals surface area contributed by atoms with Crippen LogP contribution in [0.4, 0.5) is 11.4 Å². The van der Waals surface area contributed by atoms with Gasteiger partial charge in [0.1, 0.15) is 0 Å². The van der Waals surface area contributed by atoms with Crippen molar-refractivity contribution in [1.82, 2.24) is 0 Å². The number of nitrogens with zero attached hydrogens (tertiary/aromatic N) is 1. The fourth-order valence-corrected chi connectivity index (χ4v) is 3.31. The lowest BCUT2D eigenvalue weighted by atomic mass is 10.0. The fourth-order valence-electron chi connectivity index (χ4n) is 3.31. The van der Waals surface area contributed by atoms with Crippen molar-refractivity contribution in [3.63, 3.8) is 0 Å². The van der Waals surface area contributed by atoms with Gasteiger partial charge in [0.2, 0.25) is 5.91 Å². The van der Waals surface area contributed by atoms with Gasteiger partial charge in [-0.25, -0.2) is 0 Å².